The molecule has 0 spiro atoms. The number of nitrogens with zero attached hydrogens (tertiary/aromatic N) is 4. The van der Waals surface area contributed by atoms with Crippen LogP contribution < -0.4 is 14.5 Å². The standard InChI is InChI=1S/C20H15ClN4O2/c1-27-19-8-14(21)6-7-17(19)24-12-15(9-22)25(20(24)26)18-11-23-10-13-4-2-3-5-16(13)18/h2-8,10-11,15H,12H2,1H3/t15-/m1/s1. The Morgan fingerprint density at radius 1 is 1.22 bits per heavy atom. The third kappa shape index (κ3) is 2.82. The zero-order valence-electron chi connectivity index (χ0n) is 14.5. The van der Waals surface area contributed by atoms with Gasteiger partial charge in [-0.05, 0) is 12.1 Å². The molecule has 1 fully saturated rings. The highest BCUT2D eigenvalue weighted by Crippen LogP contribution is 2.37. The van der Waals surface area contributed by atoms with Gasteiger partial charge in [-0.3, -0.25) is 14.8 Å². The van der Waals surface area contributed by atoms with Crippen LogP contribution >= 0.6 is 11.6 Å². The molecule has 0 aliphatic carbocycles. The second-order valence-corrected chi connectivity index (χ2v) is 6.54. The van der Waals surface area contributed by atoms with Crippen molar-refractivity contribution >= 4 is 39.8 Å². The summed E-state index contributed by atoms with van der Waals surface area (Å²) in [5, 5.41) is 12.0. The number of nitriles is 1. The number of amides is 2. The second-order valence-electron chi connectivity index (χ2n) is 6.10. The van der Waals surface area contributed by atoms with Crippen LogP contribution in [0.1, 0.15) is 0 Å². The Labute approximate surface area is 161 Å². The maximum atomic E-state index is 13.3. The molecule has 0 bridgehead atoms. The van der Waals surface area contributed by atoms with Crippen molar-refractivity contribution in [3.63, 3.8) is 0 Å². The van der Waals surface area contributed by atoms with Crippen molar-refractivity contribution in [1.29, 1.82) is 5.26 Å². The summed E-state index contributed by atoms with van der Waals surface area (Å²) in [6.45, 7) is 0.219. The summed E-state index contributed by atoms with van der Waals surface area (Å²) in [6, 6.07) is 14.0. The number of carbonyl (C=O) groups excluding carboxylic acids is 1. The zero-order chi connectivity index (χ0) is 19.0. The number of carbonyl (C=O) groups is 1. The van der Waals surface area contributed by atoms with E-state index >= 15 is 0 Å². The molecule has 0 saturated carbocycles. The Morgan fingerprint density at radius 3 is 2.81 bits per heavy atom. The van der Waals surface area contributed by atoms with Crippen LogP contribution in [0.3, 0.4) is 0 Å². The molecule has 134 valence electrons. The van der Waals surface area contributed by atoms with E-state index in [-0.39, 0.29) is 12.6 Å². The number of hydrogen-bond acceptors (Lipinski definition) is 4. The summed E-state index contributed by atoms with van der Waals surface area (Å²) >= 11 is 6.03. The van der Waals surface area contributed by atoms with Crippen molar-refractivity contribution < 1.29 is 9.53 Å². The third-order valence-electron chi connectivity index (χ3n) is 4.59. The summed E-state index contributed by atoms with van der Waals surface area (Å²) in [5.74, 6) is 0.477. The van der Waals surface area contributed by atoms with E-state index in [0.717, 1.165) is 10.8 Å². The van der Waals surface area contributed by atoms with Crippen molar-refractivity contribution in [2.75, 3.05) is 23.5 Å². The Bertz CT molecular complexity index is 1070. The number of fused-ring (bicyclic) bond motifs is 1. The van der Waals surface area contributed by atoms with Crippen molar-refractivity contribution in [3.05, 3.63) is 59.9 Å². The van der Waals surface area contributed by atoms with E-state index in [4.69, 9.17) is 16.3 Å². The van der Waals surface area contributed by atoms with Crippen LogP contribution in [-0.2, 0) is 0 Å². The lowest BCUT2D eigenvalue weighted by molar-refractivity contribution is 0.255. The van der Waals surface area contributed by atoms with Gasteiger partial charge in [-0.15, -0.1) is 0 Å². The highest BCUT2D eigenvalue weighted by atomic mass is 35.5. The minimum Gasteiger partial charge on any atom is -0.495 e. The number of halogens is 1. The Morgan fingerprint density at radius 2 is 2.04 bits per heavy atom. The molecule has 27 heavy (non-hydrogen) atoms. The number of rotatable bonds is 3. The molecule has 7 heteroatoms. The third-order valence-corrected chi connectivity index (χ3v) is 4.83. The maximum Gasteiger partial charge on any atom is 0.330 e. The van der Waals surface area contributed by atoms with Gasteiger partial charge in [-0.25, -0.2) is 4.79 Å². The molecule has 1 aliphatic heterocycles. The highest BCUT2D eigenvalue weighted by molar-refractivity contribution is 6.31. The first-order chi connectivity index (χ1) is 13.1. The number of benzene rings is 2. The number of methoxy groups -OCH3 is 1. The molecule has 4 rings (SSSR count). The average Bonchev–Trinajstić information content (AvgIpc) is 3.03. The van der Waals surface area contributed by atoms with Crippen molar-refractivity contribution in [3.8, 4) is 11.8 Å². The normalized spacial score (nSPS) is 16.6. The number of urea groups is 1. The van der Waals surface area contributed by atoms with Crippen LogP contribution in [0.5, 0.6) is 5.75 Å². The molecule has 2 amide bonds. The van der Waals surface area contributed by atoms with Gasteiger partial charge >= 0.3 is 6.03 Å². The molecule has 0 unspecified atom stereocenters. The summed E-state index contributed by atoms with van der Waals surface area (Å²) in [5.41, 5.74) is 1.18. The molecule has 6 nitrogen and oxygen atoms in total. The number of aromatic nitrogens is 1. The van der Waals surface area contributed by atoms with E-state index in [1.54, 1.807) is 30.6 Å². The first-order valence-electron chi connectivity index (χ1n) is 8.30. The molecule has 1 saturated heterocycles. The van der Waals surface area contributed by atoms with E-state index in [0.29, 0.717) is 22.1 Å². The Kier molecular flexibility index (Phi) is 4.30. The lowest BCUT2D eigenvalue weighted by Gasteiger charge is -2.22. The Hall–Kier alpha value is -3.30. The monoisotopic (exact) mass is 378 g/mol. The fraction of sp³-hybridized carbons (Fsp3) is 0.150. The van der Waals surface area contributed by atoms with Gasteiger partial charge in [-0.2, -0.15) is 5.26 Å². The summed E-state index contributed by atoms with van der Waals surface area (Å²) in [7, 11) is 1.52. The lowest BCUT2D eigenvalue weighted by atomic mass is 10.1. The molecule has 3 aromatic rings. The molecular formula is C20H15ClN4O2. The van der Waals surface area contributed by atoms with E-state index < -0.39 is 6.04 Å². The summed E-state index contributed by atoms with van der Waals surface area (Å²) in [6.07, 6.45) is 3.36. The topological polar surface area (TPSA) is 69.5 Å². The van der Waals surface area contributed by atoms with Gasteiger partial charge in [-0.1, -0.05) is 35.9 Å². The van der Waals surface area contributed by atoms with Gasteiger partial charge < -0.3 is 4.74 Å². The van der Waals surface area contributed by atoms with Crippen LogP contribution in [-0.4, -0.2) is 30.7 Å². The van der Waals surface area contributed by atoms with E-state index in [9.17, 15) is 10.1 Å². The molecule has 2 heterocycles. The minimum absolute atomic E-state index is 0.219. The SMILES string of the molecule is COc1cc(Cl)ccc1N1C[C@@H](C#N)N(c2cncc3ccccc23)C1=O. The fourth-order valence-corrected chi connectivity index (χ4v) is 3.50. The highest BCUT2D eigenvalue weighted by Gasteiger charge is 2.41. The van der Waals surface area contributed by atoms with Crippen molar-refractivity contribution in [2.24, 2.45) is 0 Å². The van der Waals surface area contributed by atoms with Crippen LogP contribution in [0.4, 0.5) is 16.2 Å². The second kappa shape index (κ2) is 6.78. The molecule has 1 aromatic heterocycles. The fourth-order valence-electron chi connectivity index (χ4n) is 3.33. The largest absolute Gasteiger partial charge is 0.495 e. The van der Waals surface area contributed by atoms with E-state index in [2.05, 4.69) is 11.1 Å². The van der Waals surface area contributed by atoms with Gasteiger partial charge in [0.2, 0.25) is 0 Å². The first kappa shape index (κ1) is 17.1. The van der Waals surface area contributed by atoms with Gasteiger partial charge in [0.25, 0.3) is 0 Å². The van der Waals surface area contributed by atoms with E-state index in [1.807, 2.05) is 24.3 Å². The Balaban J connectivity index is 1.81. The number of hydrogen-bond donors (Lipinski definition) is 0. The van der Waals surface area contributed by atoms with Crippen molar-refractivity contribution in [2.45, 2.75) is 6.04 Å². The lowest BCUT2D eigenvalue weighted by Crippen LogP contribution is -2.34. The number of anilines is 2. The molecule has 1 aliphatic rings. The van der Waals surface area contributed by atoms with Crippen LogP contribution in [0.25, 0.3) is 10.8 Å². The van der Waals surface area contributed by atoms with Crippen LogP contribution in [0, 0.1) is 11.3 Å². The zero-order valence-corrected chi connectivity index (χ0v) is 15.2. The van der Waals surface area contributed by atoms with Crippen molar-refractivity contribution in [1.82, 2.24) is 4.98 Å². The molecule has 0 radical (unpaired) electrons. The number of ether oxygens (including phenoxy) is 1. The van der Waals surface area contributed by atoms with Gasteiger partial charge in [0.05, 0.1) is 37.3 Å². The van der Waals surface area contributed by atoms with E-state index in [1.165, 1.54) is 16.9 Å². The molecule has 2 aromatic carbocycles. The molecular weight excluding hydrogens is 364 g/mol. The van der Waals surface area contributed by atoms with Crippen LogP contribution in [0.2, 0.25) is 5.02 Å². The average molecular weight is 379 g/mol. The predicted octanol–water partition coefficient (Wildman–Crippen LogP) is 4.24. The van der Waals surface area contributed by atoms with Gasteiger partial charge in [0.1, 0.15) is 11.8 Å². The van der Waals surface area contributed by atoms with Gasteiger partial charge in [0.15, 0.2) is 0 Å². The molecule has 0 N–H and O–H groups in total. The first-order valence-corrected chi connectivity index (χ1v) is 8.68. The quantitative estimate of drug-likeness (QED) is 0.683. The van der Waals surface area contributed by atoms with Crippen LogP contribution in [0.15, 0.2) is 54.9 Å². The summed E-state index contributed by atoms with van der Waals surface area (Å²) < 4.78 is 5.37. The summed E-state index contributed by atoms with van der Waals surface area (Å²) in [4.78, 5) is 20.5. The van der Waals surface area contributed by atoms with Gasteiger partial charge in [0, 0.05) is 28.1 Å². The smallest absolute Gasteiger partial charge is 0.330 e. The number of pyridine rings is 1. The maximum absolute atomic E-state index is 13.3. The minimum atomic E-state index is -0.648. The molecule has 1 atom stereocenters. The predicted molar refractivity (Wildman–Crippen MR) is 104 cm³/mol.